The molecule has 0 N–H and O–H groups in total. The second kappa shape index (κ2) is 5.08. The van der Waals surface area contributed by atoms with Crippen molar-refractivity contribution in [3.63, 3.8) is 0 Å². The Balaban J connectivity index is 2.94. The summed E-state index contributed by atoms with van der Waals surface area (Å²) in [4.78, 5) is 12.9. The van der Waals surface area contributed by atoms with E-state index in [1.165, 1.54) is 4.88 Å². The Hall–Kier alpha value is -0.150. The van der Waals surface area contributed by atoms with Crippen LogP contribution in [0.2, 0.25) is 0 Å². The average Bonchev–Trinajstić information content (AvgIpc) is 2.51. The van der Waals surface area contributed by atoms with Gasteiger partial charge >= 0.3 is 0 Å². The number of Topliss-reactive ketones (excluding diaryl/α,β-unsaturated/α-hetero) is 1. The van der Waals surface area contributed by atoms with Gasteiger partial charge in [-0.05, 0) is 34.0 Å². The topological polar surface area (TPSA) is 17.1 Å². The maximum atomic E-state index is 11.8. The lowest BCUT2D eigenvalue weighted by molar-refractivity contribution is -0.121. The van der Waals surface area contributed by atoms with Gasteiger partial charge in [0.15, 0.2) is 0 Å². The van der Waals surface area contributed by atoms with Crippen LogP contribution in [0.3, 0.4) is 0 Å². The normalized spacial score (nSPS) is 13.2. The SMILES string of the molecule is CCC(=O)C(c1ccc(Br)s1)C(C)C. The number of carbonyl (C=O) groups is 1. The summed E-state index contributed by atoms with van der Waals surface area (Å²) in [6.45, 7) is 6.14. The van der Waals surface area contributed by atoms with Gasteiger partial charge in [0.25, 0.3) is 0 Å². The van der Waals surface area contributed by atoms with Gasteiger partial charge in [-0.25, -0.2) is 0 Å². The van der Waals surface area contributed by atoms with E-state index in [2.05, 4.69) is 29.8 Å². The molecule has 0 radical (unpaired) electrons. The minimum absolute atomic E-state index is 0.0799. The van der Waals surface area contributed by atoms with Crippen LogP contribution in [0.5, 0.6) is 0 Å². The van der Waals surface area contributed by atoms with Gasteiger partial charge in [-0.3, -0.25) is 4.79 Å². The maximum absolute atomic E-state index is 11.8. The third-order valence-corrected chi connectivity index (χ3v) is 3.97. The molecule has 1 nitrogen and oxygen atoms in total. The van der Waals surface area contributed by atoms with Crippen molar-refractivity contribution < 1.29 is 4.79 Å². The van der Waals surface area contributed by atoms with E-state index >= 15 is 0 Å². The van der Waals surface area contributed by atoms with Gasteiger partial charge in [0.2, 0.25) is 0 Å². The molecule has 0 aliphatic carbocycles. The molecule has 0 aromatic carbocycles. The molecule has 0 aliphatic rings. The van der Waals surface area contributed by atoms with Gasteiger partial charge in [0.1, 0.15) is 5.78 Å². The molecule has 1 unspecified atom stereocenters. The third kappa shape index (κ3) is 2.67. The van der Waals surface area contributed by atoms with Crippen LogP contribution in [0.15, 0.2) is 15.9 Å². The first-order valence-corrected chi connectivity index (χ1v) is 6.45. The molecule has 1 heterocycles. The molecular formula is C11H15BrOS. The number of halogens is 1. The van der Waals surface area contributed by atoms with Crippen molar-refractivity contribution in [2.75, 3.05) is 0 Å². The lowest BCUT2D eigenvalue weighted by Gasteiger charge is -2.17. The highest BCUT2D eigenvalue weighted by atomic mass is 79.9. The van der Waals surface area contributed by atoms with E-state index in [0.717, 1.165) is 3.79 Å². The summed E-state index contributed by atoms with van der Waals surface area (Å²) in [6.07, 6.45) is 0.623. The number of hydrogen-bond acceptors (Lipinski definition) is 2. The van der Waals surface area contributed by atoms with Crippen LogP contribution in [0.25, 0.3) is 0 Å². The van der Waals surface area contributed by atoms with Crippen molar-refractivity contribution in [3.05, 3.63) is 20.8 Å². The lowest BCUT2D eigenvalue weighted by Crippen LogP contribution is -2.16. The summed E-state index contributed by atoms with van der Waals surface area (Å²) in [7, 11) is 0. The Kier molecular flexibility index (Phi) is 4.32. The van der Waals surface area contributed by atoms with Crippen molar-refractivity contribution >= 4 is 33.0 Å². The molecule has 14 heavy (non-hydrogen) atoms. The van der Waals surface area contributed by atoms with Crippen molar-refractivity contribution in [2.45, 2.75) is 33.1 Å². The van der Waals surface area contributed by atoms with Crippen LogP contribution in [0.1, 0.15) is 38.0 Å². The number of rotatable bonds is 4. The molecular weight excluding hydrogens is 260 g/mol. The molecule has 3 heteroatoms. The van der Waals surface area contributed by atoms with Gasteiger partial charge < -0.3 is 0 Å². The Labute approximate surface area is 97.7 Å². The highest BCUT2D eigenvalue weighted by molar-refractivity contribution is 9.11. The van der Waals surface area contributed by atoms with Gasteiger partial charge in [-0.15, -0.1) is 11.3 Å². The minimum Gasteiger partial charge on any atom is -0.299 e. The van der Waals surface area contributed by atoms with Crippen LogP contribution >= 0.6 is 27.3 Å². The molecule has 0 bridgehead atoms. The van der Waals surface area contributed by atoms with E-state index in [-0.39, 0.29) is 5.92 Å². The Bertz CT molecular complexity index is 317. The van der Waals surface area contributed by atoms with E-state index in [0.29, 0.717) is 18.1 Å². The van der Waals surface area contributed by atoms with Gasteiger partial charge in [0.05, 0.1) is 9.70 Å². The highest BCUT2D eigenvalue weighted by Gasteiger charge is 2.23. The fourth-order valence-corrected chi connectivity index (χ4v) is 3.30. The van der Waals surface area contributed by atoms with E-state index in [4.69, 9.17) is 0 Å². The molecule has 1 rings (SSSR count). The molecule has 1 atom stereocenters. The standard InChI is InChI=1S/C11H15BrOS/c1-4-8(13)11(7(2)3)9-5-6-10(12)14-9/h5-7,11H,4H2,1-3H3. The number of hydrogen-bond donors (Lipinski definition) is 0. The number of ketones is 1. The quantitative estimate of drug-likeness (QED) is 0.803. The van der Waals surface area contributed by atoms with Crippen molar-refractivity contribution in [3.8, 4) is 0 Å². The lowest BCUT2D eigenvalue weighted by atomic mass is 9.89. The zero-order valence-corrected chi connectivity index (χ0v) is 11.1. The molecule has 1 aromatic heterocycles. The molecule has 1 aromatic rings. The third-order valence-electron chi connectivity index (χ3n) is 2.26. The fourth-order valence-electron chi connectivity index (χ4n) is 1.57. The smallest absolute Gasteiger partial charge is 0.141 e. The summed E-state index contributed by atoms with van der Waals surface area (Å²) in [5, 5.41) is 0. The monoisotopic (exact) mass is 274 g/mol. The van der Waals surface area contributed by atoms with Crippen LogP contribution in [-0.4, -0.2) is 5.78 Å². The Morgan fingerprint density at radius 1 is 1.50 bits per heavy atom. The van der Waals surface area contributed by atoms with E-state index < -0.39 is 0 Å². The summed E-state index contributed by atoms with van der Waals surface area (Å²) < 4.78 is 1.10. The number of carbonyl (C=O) groups excluding carboxylic acids is 1. The van der Waals surface area contributed by atoms with E-state index in [1.807, 2.05) is 19.1 Å². The first kappa shape index (κ1) is 11.9. The first-order chi connectivity index (χ1) is 6.56. The molecule has 0 spiro atoms. The summed E-state index contributed by atoms with van der Waals surface area (Å²) >= 11 is 5.09. The Morgan fingerprint density at radius 2 is 2.14 bits per heavy atom. The summed E-state index contributed by atoms with van der Waals surface area (Å²) in [5.41, 5.74) is 0. The van der Waals surface area contributed by atoms with Crippen molar-refractivity contribution in [1.82, 2.24) is 0 Å². The second-order valence-corrected chi connectivity index (χ2v) is 6.18. The van der Waals surface area contributed by atoms with E-state index in [9.17, 15) is 4.79 Å². The molecule has 0 saturated heterocycles. The molecule has 0 fully saturated rings. The summed E-state index contributed by atoms with van der Waals surface area (Å²) in [5.74, 6) is 0.804. The molecule has 0 aliphatic heterocycles. The molecule has 0 amide bonds. The maximum Gasteiger partial charge on any atom is 0.141 e. The van der Waals surface area contributed by atoms with Crippen LogP contribution in [0.4, 0.5) is 0 Å². The predicted molar refractivity (Wildman–Crippen MR) is 64.9 cm³/mol. The average molecular weight is 275 g/mol. The van der Waals surface area contributed by atoms with Crippen molar-refractivity contribution in [1.29, 1.82) is 0 Å². The molecule has 0 saturated carbocycles. The summed E-state index contributed by atoms with van der Waals surface area (Å²) in [6, 6.07) is 4.06. The van der Waals surface area contributed by atoms with Crippen LogP contribution < -0.4 is 0 Å². The largest absolute Gasteiger partial charge is 0.299 e. The van der Waals surface area contributed by atoms with Crippen molar-refractivity contribution in [2.24, 2.45) is 5.92 Å². The number of thiophene rings is 1. The van der Waals surface area contributed by atoms with Gasteiger partial charge in [-0.1, -0.05) is 20.8 Å². The predicted octanol–water partition coefficient (Wildman–Crippen LogP) is 4.23. The minimum atomic E-state index is 0.0799. The first-order valence-electron chi connectivity index (χ1n) is 4.84. The van der Waals surface area contributed by atoms with Gasteiger partial charge in [-0.2, -0.15) is 0 Å². The van der Waals surface area contributed by atoms with E-state index in [1.54, 1.807) is 11.3 Å². The zero-order valence-electron chi connectivity index (χ0n) is 8.71. The van der Waals surface area contributed by atoms with Crippen LogP contribution in [0, 0.1) is 5.92 Å². The van der Waals surface area contributed by atoms with Gasteiger partial charge in [0, 0.05) is 11.3 Å². The zero-order chi connectivity index (χ0) is 10.7. The second-order valence-electron chi connectivity index (χ2n) is 3.68. The fraction of sp³-hybridized carbons (Fsp3) is 0.545. The van der Waals surface area contributed by atoms with Crippen LogP contribution in [-0.2, 0) is 4.79 Å². The molecule has 78 valence electrons. The highest BCUT2D eigenvalue weighted by Crippen LogP contribution is 2.34. The Morgan fingerprint density at radius 3 is 2.50 bits per heavy atom.